The molecule has 1 aromatic carbocycles. The van der Waals surface area contributed by atoms with E-state index in [0.29, 0.717) is 5.75 Å². The van der Waals surface area contributed by atoms with Crippen LogP contribution in [-0.2, 0) is 4.79 Å². The van der Waals surface area contributed by atoms with Crippen molar-refractivity contribution in [3.63, 3.8) is 0 Å². The average molecular weight is 209 g/mol. The number of carboxylic acids is 1. The fraction of sp³-hybridized carbons (Fsp3) is 0.111. The molecule has 0 saturated carbocycles. The summed E-state index contributed by atoms with van der Waals surface area (Å²) >= 11 is 1.54. The molecule has 14 heavy (non-hydrogen) atoms. The number of fused-ring (bicyclic) bond motifs is 1. The summed E-state index contributed by atoms with van der Waals surface area (Å²) < 4.78 is 6.07. The lowest BCUT2D eigenvalue weighted by Crippen LogP contribution is -2.09. The zero-order valence-corrected chi connectivity index (χ0v) is 7.95. The predicted octanol–water partition coefficient (Wildman–Crippen LogP) is 1.76. The van der Waals surface area contributed by atoms with Crippen LogP contribution >= 0.6 is 11.3 Å². The second-order valence-corrected chi connectivity index (χ2v) is 3.55. The summed E-state index contributed by atoms with van der Waals surface area (Å²) in [5.74, 6) is -0.450. The summed E-state index contributed by atoms with van der Waals surface area (Å²) in [4.78, 5) is 14.3. The van der Waals surface area contributed by atoms with Gasteiger partial charge in [-0.15, -0.1) is 11.3 Å². The molecule has 5 heteroatoms. The highest BCUT2D eigenvalue weighted by atomic mass is 32.1. The largest absolute Gasteiger partial charge is 0.482 e. The smallest absolute Gasteiger partial charge is 0.341 e. The summed E-state index contributed by atoms with van der Waals surface area (Å²) in [6.45, 7) is -0.324. The Labute approximate surface area is 83.8 Å². The lowest BCUT2D eigenvalue weighted by molar-refractivity contribution is -0.139. The van der Waals surface area contributed by atoms with Crippen LogP contribution in [0.25, 0.3) is 10.2 Å². The molecule has 0 aliphatic carbocycles. The van der Waals surface area contributed by atoms with Gasteiger partial charge in [-0.2, -0.15) is 0 Å². The van der Waals surface area contributed by atoms with Crippen LogP contribution < -0.4 is 4.74 Å². The van der Waals surface area contributed by atoms with E-state index in [1.807, 2.05) is 6.07 Å². The molecule has 0 aliphatic rings. The Hall–Kier alpha value is -1.62. The Kier molecular flexibility index (Phi) is 2.32. The van der Waals surface area contributed by atoms with E-state index >= 15 is 0 Å². The molecule has 1 heterocycles. The Balaban J connectivity index is 2.21. The molecule has 0 bridgehead atoms. The molecule has 72 valence electrons. The van der Waals surface area contributed by atoms with Crippen LogP contribution in [0.4, 0.5) is 0 Å². The summed E-state index contributed by atoms with van der Waals surface area (Å²) in [5.41, 5.74) is 2.57. The van der Waals surface area contributed by atoms with Crippen LogP contribution in [0.15, 0.2) is 23.7 Å². The normalized spacial score (nSPS) is 10.3. The van der Waals surface area contributed by atoms with E-state index in [4.69, 9.17) is 9.84 Å². The van der Waals surface area contributed by atoms with Gasteiger partial charge in [0, 0.05) is 6.07 Å². The number of benzene rings is 1. The second kappa shape index (κ2) is 3.63. The highest BCUT2D eigenvalue weighted by molar-refractivity contribution is 7.16. The molecule has 0 saturated heterocycles. The van der Waals surface area contributed by atoms with Crippen molar-refractivity contribution < 1.29 is 14.6 Å². The molecule has 0 aliphatic heterocycles. The Morgan fingerprint density at radius 1 is 1.57 bits per heavy atom. The molecule has 2 rings (SSSR count). The van der Waals surface area contributed by atoms with Crippen molar-refractivity contribution in [1.29, 1.82) is 0 Å². The van der Waals surface area contributed by atoms with Gasteiger partial charge >= 0.3 is 5.97 Å². The average Bonchev–Trinajstić information content (AvgIpc) is 2.61. The van der Waals surface area contributed by atoms with Gasteiger partial charge in [0.1, 0.15) is 5.75 Å². The van der Waals surface area contributed by atoms with E-state index < -0.39 is 5.97 Å². The molecular formula is C9H7NO3S. The van der Waals surface area contributed by atoms with E-state index in [2.05, 4.69) is 4.98 Å². The molecular weight excluding hydrogens is 202 g/mol. The summed E-state index contributed by atoms with van der Waals surface area (Å²) in [6, 6.07) is 5.34. The highest BCUT2D eigenvalue weighted by Crippen LogP contribution is 2.22. The number of aliphatic carboxylic acids is 1. The SMILES string of the molecule is O=C(O)COc1ccc2scnc2c1. The van der Waals surface area contributed by atoms with Crippen LogP contribution in [-0.4, -0.2) is 22.7 Å². The number of thiazole rings is 1. The molecule has 0 spiro atoms. The van der Waals surface area contributed by atoms with Gasteiger partial charge in [0.15, 0.2) is 6.61 Å². The van der Waals surface area contributed by atoms with Crippen molar-refractivity contribution in [2.75, 3.05) is 6.61 Å². The second-order valence-electron chi connectivity index (χ2n) is 2.66. The maximum atomic E-state index is 10.2. The Morgan fingerprint density at radius 2 is 2.43 bits per heavy atom. The van der Waals surface area contributed by atoms with E-state index in [9.17, 15) is 4.79 Å². The van der Waals surface area contributed by atoms with Crippen molar-refractivity contribution in [3.05, 3.63) is 23.7 Å². The number of nitrogens with zero attached hydrogens (tertiary/aromatic N) is 1. The number of hydrogen-bond donors (Lipinski definition) is 1. The number of hydrogen-bond acceptors (Lipinski definition) is 4. The van der Waals surface area contributed by atoms with Crippen molar-refractivity contribution in [2.45, 2.75) is 0 Å². The summed E-state index contributed by atoms with van der Waals surface area (Å²) in [5, 5.41) is 8.41. The van der Waals surface area contributed by atoms with Crippen LogP contribution in [0.2, 0.25) is 0 Å². The molecule has 4 nitrogen and oxygen atoms in total. The van der Waals surface area contributed by atoms with E-state index in [-0.39, 0.29) is 6.61 Å². The molecule has 0 amide bonds. The third-order valence-corrected chi connectivity index (χ3v) is 2.47. The topological polar surface area (TPSA) is 59.4 Å². The zero-order chi connectivity index (χ0) is 9.97. The van der Waals surface area contributed by atoms with Crippen molar-refractivity contribution in [2.24, 2.45) is 0 Å². The van der Waals surface area contributed by atoms with Gasteiger partial charge in [-0.05, 0) is 12.1 Å². The molecule has 0 radical (unpaired) electrons. The minimum Gasteiger partial charge on any atom is -0.482 e. The maximum Gasteiger partial charge on any atom is 0.341 e. The first-order chi connectivity index (χ1) is 6.75. The fourth-order valence-electron chi connectivity index (χ4n) is 1.07. The van der Waals surface area contributed by atoms with Gasteiger partial charge in [0.25, 0.3) is 0 Å². The van der Waals surface area contributed by atoms with Gasteiger partial charge < -0.3 is 9.84 Å². The summed E-state index contributed by atoms with van der Waals surface area (Å²) in [6.07, 6.45) is 0. The van der Waals surface area contributed by atoms with Gasteiger partial charge in [-0.1, -0.05) is 0 Å². The molecule has 1 aromatic heterocycles. The molecule has 0 unspecified atom stereocenters. The highest BCUT2D eigenvalue weighted by Gasteiger charge is 2.01. The van der Waals surface area contributed by atoms with E-state index in [0.717, 1.165) is 10.2 Å². The number of carboxylic acid groups (broad SMARTS) is 1. The minimum atomic E-state index is -0.983. The first-order valence-corrected chi connectivity index (χ1v) is 4.81. The Bertz CT molecular complexity index is 466. The number of carbonyl (C=O) groups is 1. The number of rotatable bonds is 3. The Morgan fingerprint density at radius 3 is 3.21 bits per heavy atom. The lowest BCUT2D eigenvalue weighted by Gasteiger charge is -2.01. The van der Waals surface area contributed by atoms with Gasteiger partial charge in [0.05, 0.1) is 15.7 Å². The van der Waals surface area contributed by atoms with Crippen molar-refractivity contribution >= 4 is 27.5 Å². The zero-order valence-electron chi connectivity index (χ0n) is 7.14. The number of aromatic nitrogens is 1. The van der Waals surface area contributed by atoms with Crippen LogP contribution in [0.3, 0.4) is 0 Å². The minimum absolute atomic E-state index is 0.324. The standard InChI is InChI=1S/C9H7NO3S/c11-9(12)4-13-6-1-2-8-7(3-6)10-5-14-8/h1-3,5H,4H2,(H,11,12). The molecule has 1 N–H and O–H groups in total. The van der Waals surface area contributed by atoms with E-state index in [1.54, 1.807) is 17.6 Å². The van der Waals surface area contributed by atoms with Crippen LogP contribution in [0.1, 0.15) is 0 Å². The van der Waals surface area contributed by atoms with Crippen molar-refractivity contribution in [3.8, 4) is 5.75 Å². The monoisotopic (exact) mass is 209 g/mol. The quantitative estimate of drug-likeness (QED) is 0.836. The predicted molar refractivity (Wildman–Crippen MR) is 52.8 cm³/mol. The van der Waals surface area contributed by atoms with Crippen molar-refractivity contribution in [1.82, 2.24) is 4.98 Å². The van der Waals surface area contributed by atoms with Crippen LogP contribution in [0.5, 0.6) is 5.75 Å². The van der Waals surface area contributed by atoms with E-state index in [1.165, 1.54) is 11.3 Å². The first kappa shape index (κ1) is 8.96. The van der Waals surface area contributed by atoms with Crippen LogP contribution in [0, 0.1) is 0 Å². The molecule has 2 aromatic rings. The molecule has 0 atom stereocenters. The van der Waals surface area contributed by atoms with Gasteiger partial charge in [0.2, 0.25) is 0 Å². The maximum absolute atomic E-state index is 10.2. The third kappa shape index (κ3) is 1.82. The molecule has 0 fully saturated rings. The number of ether oxygens (including phenoxy) is 1. The fourth-order valence-corrected chi connectivity index (χ4v) is 1.73. The lowest BCUT2D eigenvalue weighted by atomic mass is 10.3. The first-order valence-electron chi connectivity index (χ1n) is 3.93. The van der Waals surface area contributed by atoms with Gasteiger partial charge in [-0.3, -0.25) is 0 Å². The van der Waals surface area contributed by atoms with Gasteiger partial charge in [-0.25, -0.2) is 9.78 Å². The third-order valence-electron chi connectivity index (χ3n) is 1.66. The summed E-state index contributed by atoms with van der Waals surface area (Å²) in [7, 11) is 0.